The zero-order valence-corrected chi connectivity index (χ0v) is 17.4. The molecule has 1 aliphatic rings. The van der Waals surface area contributed by atoms with Crippen LogP contribution in [0.3, 0.4) is 0 Å². The highest BCUT2D eigenvalue weighted by Crippen LogP contribution is 2.41. The standard InChI is InChI=1S/C27H22N4/c1-19-11-13-22(14-12-19)31-17-23(20-7-3-2-4-8-20)25-26(28-18-29-27(25)31)30-16-15-21-9-5-6-10-24(21)30/h2-14,17-18H,15-16H2,1H3. The minimum Gasteiger partial charge on any atom is -0.325 e. The summed E-state index contributed by atoms with van der Waals surface area (Å²) in [4.78, 5) is 11.9. The second-order valence-electron chi connectivity index (χ2n) is 8.04. The third-order valence-electron chi connectivity index (χ3n) is 6.10. The fourth-order valence-electron chi connectivity index (χ4n) is 4.55. The Kier molecular flexibility index (Phi) is 4.10. The Labute approximate surface area is 181 Å². The van der Waals surface area contributed by atoms with Crippen LogP contribution in [0.4, 0.5) is 11.5 Å². The molecule has 150 valence electrons. The molecule has 6 rings (SSSR count). The van der Waals surface area contributed by atoms with E-state index < -0.39 is 0 Å². The van der Waals surface area contributed by atoms with Crippen LogP contribution in [-0.2, 0) is 6.42 Å². The molecule has 0 saturated carbocycles. The number of para-hydroxylation sites is 1. The van der Waals surface area contributed by atoms with Crippen molar-refractivity contribution in [2.75, 3.05) is 11.4 Å². The second-order valence-corrected chi connectivity index (χ2v) is 8.04. The zero-order chi connectivity index (χ0) is 20.8. The van der Waals surface area contributed by atoms with Crippen molar-refractivity contribution in [1.82, 2.24) is 14.5 Å². The summed E-state index contributed by atoms with van der Waals surface area (Å²) in [5.41, 5.74) is 8.20. The van der Waals surface area contributed by atoms with E-state index in [2.05, 4.69) is 101 Å². The summed E-state index contributed by atoms with van der Waals surface area (Å²) in [5, 5.41) is 1.09. The lowest BCUT2D eigenvalue weighted by molar-refractivity contribution is 0.971. The predicted molar refractivity (Wildman–Crippen MR) is 126 cm³/mol. The Morgan fingerprint density at radius 3 is 2.42 bits per heavy atom. The van der Waals surface area contributed by atoms with Crippen LogP contribution in [0.15, 0.2) is 91.4 Å². The molecule has 3 heterocycles. The van der Waals surface area contributed by atoms with Crippen molar-refractivity contribution in [1.29, 1.82) is 0 Å². The van der Waals surface area contributed by atoms with Gasteiger partial charge in [-0.15, -0.1) is 0 Å². The predicted octanol–water partition coefficient (Wildman–Crippen LogP) is 6.09. The molecule has 31 heavy (non-hydrogen) atoms. The molecule has 5 aromatic rings. The van der Waals surface area contributed by atoms with E-state index in [4.69, 9.17) is 9.97 Å². The first-order valence-electron chi connectivity index (χ1n) is 10.6. The number of nitrogens with zero attached hydrogens (tertiary/aromatic N) is 4. The molecule has 0 fully saturated rings. The molecule has 1 aliphatic heterocycles. The van der Waals surface area contributed by atoms with Gasteiger partial charge in [0.15, 0.2) is 5.65 Å². The van der Waals surface area contributed by atoms with Crippen molar-refractivity contribution in [3.63, 3.8) is 0 Å². The highest BCUT2D eigenvalue weighted by molar-refractivity contribution is 6.03. The Bertz CT molecular complexity index is 1380. The molecule has 0 amide bonds. The fraction of sp³-hybridized carbons (Fsp3) is 0.111. The molecule has 3 aromatic carbocycles. The van der Waals surface area contributed by atoms with Crippen LogP contribution in [0, 0.1) is 6.92 Å². The maximum Gasteiger partial charge on any atom is 0.150 e. The van der Waals surface area contributed by atoms with Crippen molar-refractivity contribution in [2.24, 2.45) is 0 Å². The Balaban J connectivity index is 1.64. The summed E-state index contributed by atoms with van der Waals surface area (Å²) in [5.74, 6) is 0.972. The fourth-order valence-corrected chi connectivity index (χ4v) is 4.55. The smallest absolute Gasteiger partial charge is 0.150 e. The van der Waals surface area contributed by atoms with Crippen molar-refractivity contribution >= 4 is 22.5 Å². The number of aromatic nitrogens is 3. The number of rotatable bonds is 3. The average molecular weight is 403 g/mol. The highest BCUT2D eigenvalue weighted by atomic mass is 15.2. The maximum atomic E-state index is 4.80. The molecule has 0 unspecified atom stereocenters. The van der Waals surface area contributed by atoms with Gasteiger partial charge < -0.3 is 9.47 Å². The quantitative estimate of drug-likeness (QED) is 0.366. The number of benzene rings is 3. The second kappa shape index (κ2) is 7.10. The van der Waals surface area contributed by atoms with Crippen LogP contribution < -0.4 is 4.90 Å². The van der Waals surface area contributed by atoms with Crippen LogP contribution in [0.25, 0.3) is 27.8 Å². The summed E-state index contributed by atoms with van der Waals surface area (Å²) in [7, 11) is 0. The lowest BCUT2D eigenvalue weighted by atomic mass is 10.1. The number of aryl methyl sites for hydroxylation is 1. The monoisotopic (exact) mass is 402 g/mol. The van der Waals surface area contributed by atoms with Gasteiger partial charge in [-0.2, -0.15) is 0 Å². The van der Waals surface area contributed by atoms with E-state index in [1.54, 1.807) is 6.33 Å². The molecule has 4 nitrogen and oxygen atoms in total. The van der Waals surface area contributed by atoms with Gasteiger partial charge in [-0.3, -0.25) is 0 Å². The molecule has 0 atom stereocenters. The lowest BCUT2D eigenvalue weighted by Gasteiger charge is -2.19. The topological polar surface area (TPSA) is 34.0 Å². The van der Waals surface area contributed by atoms with Gasteiger partial charge in [0.05, 0.1) is 5.39 Å². The van der Waals surface area contributed by atoms with Crippen LogP contribution >= 0.6 is 0 Å². The van der Waals surface area contributed by atoms with E-state index in [-0.39, 0.29) is 0 Å². The number of fused-ring (bicyclic) bond motifs is 2. The summed E-state index contributed by atoms with van der Waals surface area (Å²) in [6.07, 6.45) is 4.92. The van der Waals surface area contributed by atoms with E-state index in [0.717, 1.165) is 41.1 Å². The van der Waals surface area contributed by atoms with Crippen LogP contribution in [0.1, 0.15) is 11.1 Å². The number of anilines is 2. The largest absolute Gasteiger partial charge is 0.325 e. The van der Waals surface area contributed by atoms with E-state index in [0.29, 0.717) is 0 Å². The molecule has 0 N–H and O–H groups in total. The summed E-state index contributed by atoms with van der Waals surface area (Å²) in [6, 6.07) is 27.7. The SMILES string of the molecule is Cc1ccc(-n2cc(-c3ccccc3)c3c(N4CCc5ccccc54)ncnc32)cc1. The van der Waals surface area contributed by atoms with Gasteiger partial charge in [-0.1, -0.05) is 66.2 Å². The molecule has 0 saturated heterocycles. The zero-order valence-electron chi connectivity index (χ0n) is 17.4. The van der Waals surface area contributed by atoms with E-state index in [9.17, 15) is 0 Å². The number of hydrogen-bond donors (Lipinski definition) is 0. The molecule has 0 spiro atoms. The van der Waals surface area contributed by atoms with Crippen molar-refractivity contribution in [2.45, 2.75) is 13.3 Å². The maximum absolute atomic E-state index is 4.80. The first-order valence-corrected chi connectivity index (χ1v) is 10.6. The van der Waals surface area contributed by atoms with E-state index >= 15 is 0 Å². The average Bonchev–Trinajstić information content (AvgIpc) is 3.42. The minimum atomic E-state index is 0.926. The Hall–Kier alpha value is -3.92. The van der Waals surface area contributed by atoms with Crippen LogP contribution in [0.2, 0.25) is 0 Å². The van der Waals surface area contributed by atoms with Gasteiger partial charge >= 0.3 is 0 Å². The molecule has 0 aliphatic carbocycles. The van der Waals surface area contributed by atoms with Gasteiger partial charge in [0.2, 0.25) is 0 Å². The molecule has 0 radical (unpaired) electrons. The summed E-state index contributed by atoms with van der Waals surface area (Å²) in [6.45, 7) is 3.04. The van der Waals surface area contributed by atoms with Gasteiger partial charge in [0.1, 0.15) is 12.1 Å². The van der Waals surface area contributed by atoms with Gasteiger partial charge in [0.25, 0.3) is 0 Å². The van der Waals surface area contributed by atoms with E-state index in [1.165, 1.54) is 22.4 Å². The normalized spacial score (nSPS) is 13.0. The Morgan fingerprint density at radius 2 is 1.58 bits per heavy atom. The first-order chi connectivity index (χ1) is 15.3. The van der Waals surface area contributed by atoms with Crippen molar-refractivity contribution < 1.29 is 0 Å². The van der Waals surface area contributed by atoms with E-state index in [1.807, 2.05) is 0 Å². The summed E-state index contributed by atoms with van der Waals surface area (Å²) >= 11 is 0. The highest BCUT2D eigenvalue weighted by Gasteiger charge is 2.26. The van der Waals surface area contributed by atoms with Crippen molar-refractivity contribution in [3.8, 4) is 16.8 Å². The minimum absolute atomic E-state index is 0.926. The Morgan fingerprint density at radius 1 is 0.806 bits per heavy atom. The molecular formula is C27H22N4. The van der Waals surface area contributed by atoms with Gasteiger partial charge in [-0.25, -0.2) is 9.97 Å². The molecule has 0 bridgehead atoms. The lowest BCUT2D eigenvalue weighted by Crippen LogP contribution is -2.15. The van der Waals surface area contributed by atoms with Crippen LogP contribution in [-0.4, -0.2) is 21.1 Å². The van der Waals surface area contributed by atoms with Gasteiger partial charge in [0, 0.05) is 29.7 Å². The number of hydrogen-bond acceptors (Lipinski definition) is 3. The molecular weight excluding hydrogens is 380 g/mol. The first kappa shape index (κ1) is 17.9. The third-order valence-corrected chi connectivity index (χ3v) is 6.10. The molecule has 4 heteroatoms. The van der Waals surface area contributed by atoms with Gasteiger partial charge in [-0.05, 0) is 42.7 Å². The summed E-state index contributed by atoms with van der Waals surface area (Å²) < 4.78 is 2.18. The molecule has 2 aromatic heterocycles. The van der Waals surface area contributed by atoms with Crippen molar-refractivity contribution in [3.05, 3.63) is 103 Å². The third kappa shape index (κ3) is 2.91. The van der Waals surface area contributed by atoms with Crippen LogP contribution in [0.5, 0.6) is 0 Å².